The molecular formula is C21H26N6O2S. The number of rotatable bonds is 7. The number of hydrogen-bond donors (Lipinski definition) is 1. The fraction of sp³-hybridized carbons (Fsp3) is 0.476. The van der Waals surface area contributed by atoms with Gasteiger partial charge in [-0.3, -0.25) is 14.0 Å². The third-order valence-electron chi connectivity index (χ3n) is 5.41. The third-order valence-corrected chi connectivity index (χ3v) is 6.06. The molecule has 3 aromatic heterocycles. The number of nitrogens with one attached hydrogen (secondary N) is 1. The zero-order valence-electron chi connectivity index (χ0n) is 17.1. The molecule has 4 rings (SSSR count). The van der Waals surface area contributed by atoms with Crippen molar-refractivity contribution >= 4 is 23.3 Å². The van der Waals surface area contributed by atoms with Gasteiger partial charge in [0.25, 0.3) is 5.56 Å². The Morgan fingerprint density at radius 2 is 2.10 bits per heavy atom. The molecule has 1 aliphatic carbocycles. The largest absolute Gasteiger partial charge is 0.344 e. The maximum absolute atomic E-state index is 12.8. The molecule has 0 spiro atoms. The van der Waals surface area contributed by atoms with Crippen molar-refractivity contribution in [2.45, 2.75) is 51.1 Å². The van der Waals surface area contributed by atoms with Gasteiger partial charge in [0.2, 0.25) is 5.91 Å². The molecular weight excluding hydrogens is 400 g/mol. The van der Waals surface area contributed by atoms with Gasteiger partial charge in [0.1, 0.15) is 6.54 Å². The molecule has 3 heterocycles. The van der Waals surface area contributed by atoms with Crippen molar-refractivity contribution < 1.29 is 4.79 Å². The van der Waals surface area contributed by atoms with Crippen LogP contribution in [0.1, 0.15) is 48.8 Å². The Hall–Kier alpha value is -2.68. The summed E-state index contributed by atoms with van der Waals surface area (Å²) in [5.41, 5.74) is 2.49. The number of fused-ring (bicyclic) bond motifs is 2. The molecule has 0 saturated carbocycles. The lowest BCUT2D eigenvalue weighted by Gasteiger charge is -2.17. The highest BCUT2D eigenvalue weighted by molar-refractivity contribution is 7.98. The molecule has 30 heavy (non-hydrogen) atoms. The highest BCUT2D eigenvalue weighted by atomic mass is 32.2. The van der Waals surface area contributed by atoms with E-state index in [-0.39, 0.29) is 24.1 Å². The SMILES string of the molecule is CSCC[C@H](NC(=O)Cn1nc2c(cc1=O)CCCCC2)c1nnc2ccccn12. The molecule has 0 aliphatic heterocycles. The number of pyridine rings is 1. The van der Waals surface area contributed by atoms with Crippen LogP contribution in [0.2, 0.25) is 0 Å². The van der Waals surface area contributed by atoms with Crippen LogP contribution >= 0.6 is 11.8 Å². The first-order valence-electron chi connectivity index (χ1n) is 10.3. The summed E-state index contributed by atoms with van der Waals surface area (Å²) in [4.78, 5) is 25.3. The van der Waals surface area contributed by atoms with Crippen LogP contribution in [0.5, 0.6) is 0 Å². The van der Waals surface area contributed by atoms with E-state index < -0.39 is 0 Å². The zero-order valence-corrected chi connectivity index (χ0v) is 17.9. The molecule has 0 saturated heterocycles. The predicted octanol–water partition coefficient (Wildman–Crippen LogP) is 2.17. The summed E-state index contributed by atoms with van der Waals surface area (Å²) in [7, 11) is 0. The summed E-state index contributed by atoms with van der Waals surface area (Å²) in [5, 5.41) is 16.0. The first-order chi connectivity index (χ1) is 14.7. The van der Waals surface area contributed by atoms with Crippen LogP contribution < -0.4 is 10.9 Å². The first kappa shape index (κ1) is 20.6. The lowest BCUT2D eigenvalue weighted by atomic mass is 10.1. The third kappa shape index (κ3) is 4.56. The van der Waals surface area contributed by atoms with Gasteiger partial charge in [0.15, 0.2) is 11.5 Å². The van der Waals surface area contributed by atoms with Gasteiger partial charge in [-0.2, -0.15) is 16.9 Å². The molecule has 0 fully saturated rings. The molecule has 1 N–H and O–H groups in total. The summed E-state index contributed by atoms with van der Waals surface area (Å²) in [6.45, 7) is -0.0986. The number of carbonyl (C=O) groups excluding carboxylic acids is 1. The van der Waals surface area contributed by atoms with E-state index in [1.165, 1.54) is 4.68 Å². The van der Waals surface area contributed by atoms with E-state index in [1.54, 1.807) is 17.8 Å². The quantitative estimate of drug-likeness (QED) is 0.582. The summed E-state index contributed by atoms with van der Waals surface area (Å²) in [6.07, 6.45) is 9.69. The lowest BCUT2D eigenvalue weighted by molar-refractivity contribution is -0.122. The number of hydrogen-bond acceptors (Lipinski definition) is 6. The monoisotopic (exact) mass is 426 g/mol. The van der Waals surface area contributed by atoms with Crippen molar-refractivity contribution in [1.82, 2.24) is 29.7 Å². The van der Waals surface area contributed by atoms with Crippen molar-refractivity contribution in [3.8, 4) is 0 Å². The van der Waals surface area contributed by atoms with E-state index in [9.17, 15) is 9.59 Å². The van der Waals surface area contributed by atoms with E-state index >= 15 is 0 Å². The lowest BCUT2D eigenvalue weighted by Crippen LogP contribution is -2.37. The molecule has 8 nitrogen and oxygen atoms in total. The highest BCUT2D eigenvalue weighted by Crippen LogP contribution is 2.19. The van der Waals surface area contributed by atoms with Gasteiger partial charge < -0.3 is 5.32 Å². The van der Waals surface area contributed by atoms with Gasteiger partial charge in [0, 0.05) is 12.3 Å². The van der Waals surface area contributed by atoms with Gasteiger partial charge in [-0.25, -0.2) is 4.68 Å². The van der Waals surface area contributed by atoms with Crippen molar-refractivity contribution in [1.29, 1.82) is 0 Å². The smallest absolute Gasteiger partial charge is 0.267 e. The maximum Gasteiger partial charge on any atom is 0.267 e. The van der Waals surface area contributed by atoms with Gasteiger partial charge in [-0.15, -0.1) is 10.2 Å². The summed E-state index contributed by atoms with van der Waals surface area (Å²) < 4.78 is 3.17. The van der Waals surface area contributed by atoms with Gasteiger partial charge in [-0.05, 0) is 61.8 Å². The Kier molecular flexibility index (Phi) is 6.47. The van der Waals surface area contributed by atoms with Gasteiger partial charge in [0.05, 0.1) is 11.7 Å². The molecule has 1 aliphatic rings. The first-order valence-corrected chi connectivity index (χ1v) is 11.7. The minimum atomic E-state index is -0.293. The second-order valence-corrected chi connectivity index (χ2v) is 8.55. The van der Waals surface area contributed by atoms with E-state index in [0.717, 1.165) is 61.2 Å². The molecule has 3 aromatic rings. The summed E-state index contributed by atoms with van der Waals surface area (Å²) in [5.74, 6) is 1.30. The van der Waals surface area contributed by atoms with Crippen LogP contribution in [-0.2, 0) is 24.2 Å². The topological polar surface area (TPSA) is 94.2 Å². The molecule has 0 bridgehead atoms. The van der Waals surface area contributed by atoms with Crippen LogP contribution in [0.3, 0.4) is 0 Å². The van der Waals surface area contributed by atoms with Crippen LogP contribution in [0.15, 0.2) is 35.3 Å². The number of nitrogens with zero attached hydrogens (tertiary/aromatic N) is 5. The fourth-order valence-electron chi connectivity index (χ4n) is 3.87. The van der Waals surface area contributed by atoms with Crippen molar-refractivity contribution in [2.24, 2.45) is 0 Å². The van der Waals surface area contributed by atoms with Crippen LogP contribution in [0, 0.1) is 0 Å². The number of aryl methyl sites for hydroxylation is 2. The Bertz CT molecular complexity index is 1090. The molecule has 9 heteroatoms. The van der Waals surface area contributed by atoms with Crippen molar-refractivity contribution in [3.05, 3.63) is 57.9 Å². The van der Waals surface area contributed by atoms with E-state index in [0.29, 0.717) is 5.82 Å². The molecule has 0 radical (unpaired) electrons. The number of carbonyl (C=O) groups is 1. The Labute approximate surface area is 179 Å². The van der Waals surface area contributed by atoms with E-state index in [1.807, 2.05) is 35.1 Å². The standard InChI is InChI=1S/C21H26N6O2S/c1-30-12-10-17(21-24-23-18-9-5-6-11-26(18)21)22-19(28)14-27-20(29)13-15-7-3-2-4-8-16(15)25-27/h5-6,9,11,13,17H,2-4,7-8,10,12,14H2,1H3,(H,22,28)/t17-/m0/s1. The number of thioether (sulfide) groups is 1. The van der Waals surface area contributed by atoms with Crippen molar-refractivity contribution in [2.75, 3.05) is 12.0 Å². The van der Waals surface area contributed by atoms with Gasteiger partial charge in [-0.1, -0.05) is 12.5 Å². The molecule has 1 amide bonds. The Balaban J connectivity index is 1.53. The predicted molar refractivity (Wildman–Crippen MR) is 117 cm³/mol. The average molecular weight is 427 g/mol. The van der Waals surface area contributed by atoms with E-state index in [2.05, 4.69) is 20.6 Å². The second kappa shape index (κ2) is 9.42. The molecule has 0 unspecified atom stereocenters. The summed E-state index contributed by atoms with van der Waals surface area (Å²) in [6, 6.07) is 7.05. The Morgan fingerprint density at radius 1 is 1.23 bits per heavy atom. The van der Waals surface area contributed by atoms with Crippen LogP contribution in [0.25, 0.3) is 5.65 Å². The zero-order chi connectivity index (χ0) is 20.9. The highest BCUT2D eigenvalue weighted by Gasteiger charge is 2.21. The average Bonchev–Trinajstić information content (AvgIpc) is 3.04. The Morgan fingerprint density at radius 3 is 2.97 bits per heavy atom. The van der Waals surface area contributed by atoms with Gasteiger partial charge >= 0.3 is 0 Å². The van der Waals surface area contributed by atoms with Crippen LogP contribution in [-0.4, -0.2) is 42.3 Å². The van der Waals surface area contributed by atoms with Crippen molar-refractivity contribution in [3.63, 3.8) is 0 Å². The maximum atomic E-state index is 12.8. The molecule has 1 atom stereocenters. The van der Waals surface area contributed by atoms with E-state index in [4.69, 9.17) is 0 Å². The fourth-order valence-corrected chi connectivity index (χ4v) is 4.34. The number of amides is 1. The van der Waals surface area contributed by atoms with Crippen LogP contribution in [0.4, 0.5) is 0 Å². The minimum absolute atomic E-state index is 0.0986. The number of aromatic nitrogens is 5. The normalized spacial score (nSPS) is 14.8. The second-order valence-electron chi connectivity index (χ2n) is 7.56. The molecule has 158 valence electrons. The summed E-state index contributed by atoms with van der Waals surface area (Å²) >= 11 is 1.71. The minimum Gasteiger partial charge on any atom is -0.344 e. The molecule has 0 aromatic carbocycles.